The van der Waals surface area contributed by atoms with E-state index in [1.807, 2.05) is 0 Å². The normalized spacial score (nSPS) is 12.2. The molecule has 2 aromatic carbocycles. The van der Waals surface area contributed by atoms with Crippen LogP contribution < -0.4 is 5.32 Å². The highest BCUT2D eigenvalue weighted by Gasteiger charge is 2.21. The van der Waals surface area contributed by atoms with Gasteiger partial charge < -0.3 is 20.1 Å². The van der Waals surface area contributed by atoms with Crippen molar-refractivity contribution in [2.75, 3.05) is 6.61 Å². The SMILES string of the molecule is Cn1c(C(=O)N[C@H](CO)c2ccc(CC(=O)O)cc2Cl)cc2c(Cl)c(Cl)ccc21. The van der Waals surface area contributed by atoms with Crippen LogP contribution in [0.1, 0.15) is 27.7 Å². The van der Waals surface area contributed by atoms with Crippen molar-refractivity contribution in [1.29, 1.82) is 0 Å². The third-order valence-electron chi connectivity index (χ3n) is 4.63. The number of aryl methyl sites for hydroxylation is 1. The van der Waals surface area contributed by atoms with Crippen molar-refractivity contribution in [2.45, 2.75) is 12.5 Å². The quantitative estimate of drug-likeness (QED) is 0.519. The van der Waals surface area contributed by atoms with Crippen molar-refractivity contribution < 1.29 is 19.8 Å². The molecule has 1 heterocycles. The molecule has 0 aliphatic heterocycles. The summed E-state index contributed by atoms with van der Waals surface area (Å²) in [7, 11) is 1.73. The first-order valence-corrected chi connectivity index (χ1v) is 9.71. The summed E-state index contributed by atoms with van der Waals surface area (Å²) in [5.74, 6) is -1.41. The van der Waals surface area contributed by atoms with Gasteiger partial charge in [-0.25, -0.2) is 0 Å². The van der Waals surface area contributed by atoms with Crippen LogP contribution in [0.4, 0.5) is 0 Å². The summed E-state index contributed by atoms with van der Waals surface area (Å²) in [6, 6.07) is 8.99. The van der Waals surface area contributed by atoms with Gasteiger partial charge in [0.25, 0.3) is 5.91 Å². The molecule has 3 rings (SSSR count). The summed E-state index contributed by atoms with van der Waals surface area (Å²) < 4.78 is 1.68. The number of halogens is 3. The van der Waals surface area contributed by atoms with E-state index in [2.05, 4.69) is 5.32 Å². The lowest BCUT2D eigenvalue weighted by Gasteiger charge is -2.19. The molecule has 0 bridgehead atoms. The van der Waals surface area contributed by atoms with Crippen LogP contribution in [0.15, 0.2) is 36.4 Å². The molecule has 29 heavy (non-hydrogen) atoms. The van der Waals surface area contributed by atoms with Crippen LogP contribution in [-0.2, 0) is 18.3 Å². The summed E-state index contributed by atoms with van der Waals surface area (Å²) >= 11 is 18.5. The third kappa shape index (κ3) is 4.36. The van der Waals surface area contributed by atoms with Crippen LogP contribution in [0.2, 0.25) is 15.1 Å². The second-order valence-electron chi connectivity index (χ2n) is 6.52. The molecule has 152 valence electrons. The average Bonchev–Trinajstić information content (AvgIpc) is 3.00. The first-order valence-electron chi connectivity index (χ1n) is 8.58. The number of nitrogens with one attached hydrogen (secondary N) is 1. The molecule has 1 amide bonds. The molecule has 0 saturated heterocycles. The van der Waals surface area contributed by atoms with Gasteiger partial charge in [0.2, 0.25) is 0 Å². The minimum Gasteiger partial charge on any atom is -0.481 e. The number of aliphatic hydroxyl groups is 1. The number of carboxylic acid groups (broad SMARTS) is 1. The fourth-order valence-electron chi connectivity index (χ4n) is 3.16. The number of aromatic nitrogens is 1. The number of aliphatic hydroxyl groups excluding tert-OH is 1. The van der Waals surface area contributed by atoms with Crippen LogP contribution in [0.25, 0.3) is 10.9 Å². The van der Waals surface area contributed by atoms with Crippen molar-refractivity contribution in [1.82, 2.24) is 9.88 Å². The number of hydrogen-bond acceptors (Lipinski definition) is 3. The molecule has 0 radical (unpaired) electrons. The summed E-state index contributed by atoms with van der Waals surface area (Å²) in [5, 5.41) is 23.1. The number of nitrogens with zero attached hydrogens (tertiary/aromatic N) is 1. The lowest BCUT2D eigenvalue weighted by atomic mass is 10.0. The van der Waals surface area contributed by atoms with Gasteiger partial charge in [0, 0.05) is 23.0 Å². The van der Waals surface area contributed by atoms with Crippen molar-refractivity contribution in [2.24, 2.45) is 7.05 Å². The Hall–Kier alpha value is -2.25. The highest BCUT2D eigenvalue weighted by Crippen LogP contribution is 2.33. The van der Waals surface area contributed by atoms with Crippen molar-refractivity contribution in [3.05, 3.63) is 68.3 Å². The number of rotatable bonds is 6. The van der Waals surface area contributed by atoms with Crippen LogP contribution in [0.5, 0.6) is 0 Å². The van der Waals surface area contributed by atoms with E-state index in [9.17, 15) is 14.7 Å². The molecule has 9 heteroatoms. The molecule has 0 spiro atoms. The number of carboxylic acids is 1. The smallest absolute Gasteiger partial charge is 0.307 e. The number of hydrogen-bond donors (Lipinski definition) is 3. The number of carbonyl (C=O) groups is 2. The van der Waals surface area contributed by atoms with Gasteiger partial charge >= 0.3 is 5.97 Å². The van der Waals surface area contributed by atoms with E-state index in [1.54, 1.807) is 41.9 Å². The Kier molecular flexibility index (Phi) is 6.39. The lowest BCUT2D eigenvalue weighted by molar-refractivity contribution is -0.136. The number of carbonyl (C=O) groups excluding carboxylic acids is 1. The minimum absolute atomic E-state index is 0.171. The van der Waals surface area contributed by atoms with Crippen LogP contribution >= 0.6 is 34.8 Å². The van der Waals surface area contributed by atoms with E-state index in [0.29, 0.717) is 32.3 Å². The fraction of sp³-hybridized carbons (Fsp3) is 0.200. The molecule has 1 atom stereocenters. The molecule has 0 aliphatic carbocycles. The highest BCUT2D eigenvalue weighted by atomic mass is 35.5. The fourth-order valence-corrected chi connectivity index (χ4v) is 3.87. The number of fused-ring (bicyclic) bond motifs is 1. The molecule has 0 aliphatic rings. The Morgan fingerprint density at radius 1 is 1.10 bits per heavy atom. The van der Waals surface area contributed by atoms with Crippen molar-refractivity contribution in [3.8, 4) is 0 Å². The van der Waals surface area contributed by atoms with E-state index in [4.69, 9.17) is 39.9 Å². The Morgan fingerprint density at radius 2 is 1.83 bits per heavy atom. The lowest BCUT2D eigenvalue weighted by Crippen LogP contribution is -2.32. The van der Waals surface area contributed by atoms with Crippen LogP contribution in [-0.4, -0.2) is 33.3 Å². The molecule has 0 saturated carbocycles. The van der Waals surface area contributed by atoms with Gasteiger partial charge in [-0.15, -0.1) is 0 Å². The Labute approximate surface area is 181 Å². The maximum Gasteiger partial charge on any atom is 0.307 e. The second-order valence-corrected chi connectivity index (χ2v) is 7.71. The van der Waals surface area contributed by atoms with Gasteiger partial charge in [-0.2, -0.15) is 0 Å². The van der Waals surface area contributed by atoms with E-state index in [0.717, 1.165) is 5.52 Å². The predicted octanol–water partition coefficient (Wildman–Crippen LogP) is 4.23. The number of amides is 1. The van der Waals surface area contributed by atoms with Gasteiger partial charge in [-0.1, -0.05) is 46.9 Å². The maximum atomic E-state index is 12.9. The van der Waals surface area contributed by atoms with Crippen molar-refractivity contribution >= 4 is 57.6 Å². The number of aliphatic carboxylic acids is 1. The first-order chi connectivity index (χ1) is 13.7. The predicted molar refractivity (Wildman–Crippen MR) is 113 cm³/mol. The van der Waals surface area contributed by atoms with Gasteiger partial charge in [0.15, 0.2) is 0 Å². The van der Waals surface area contributed by atoms with E-state index in [-0.39, 0.29) is 18.1 Å². The highest BCUT2D eigenvalue weighted by molar-refractivity contribution is 6.45. The van der Waals surface area contributed by atoms with Gasteiger partial charge in [-0.3, -0.25) is 9.59 Å². The van der Waals surface area contributed by atoms with Gasteiger partial charge in [-0.05, 0) is 35.4 Å². The maximum absolute atomic E-state index is 12.9. The van der Waals surface area contributed by atoms with Gasteiger partial charge in [0.05, 0.1) is 29.1 Å². The van der Waals surface area contributed by atoms with Gasteiger partial charge in [0.1, 0.15) is 5.69 Å². The number of benzene rings is 2. The summed E-state index contributed by atoms with van der Waals surface area (Å²) in [5.41, 5.74) is 2.08. The molecule has 0 unspecified atom stereocenters. The molecule has 0 fully saturated rings. The second kappa shape index (κ2) is 8.63. The van der Waals surface area contributed by atoms with Crippen molar-refractivity contribution in [3.63, 3.8) is 0 Å². The minimum atomic E-state index is -0.977. The van der Waals surface area contributed by atoms with E-state index >= 15 is 0 Å². The van der Waals surface area contributed by atoms with Crippen LogP contribution in [0, 0.1) is 0 Å². The first kappa shape index (κ1) is 21.5. The summed E-state index contributed by atoms with van der Waals surface area (Å²) in [6.07, 6.45) is -0.171. The molecule has 1 aromatic heterocycles. The molecular formula is C20H17Cl3N2O4. The topological polar surface area (TPSA) is 91.6 Å². The Balaban J connectivity index is 1.89. The molecule has 6 nitrogen and oxygen atoms in total. The zero-order chi connectivity index (χ0) is 21.3. The van der Waals surface area contributed by atoms with E-state index in [1.165, 1.54) is 6.07 Å². The zero-order valence-corrected chi connectivity index (χ0v) is 17.5. The standard InChI is InChI=1S/C20H17Cl3N2O4/c1-25-16-5-4-13(21)19(23)12(16)8-17(25)20(29)24-15(9-26)11-3-2-10(6-14(11)22)7-18(27)28/h2-6,8,15,26H,7,9H2,1H3,(H,24,29)(H,27,28)/t15-/m1/s1. The zero-order valence-electron chi connectivity index (χ0n) is 15.2. The average molecular weight is 456 g/mol. The largest absolute Gasteiger partial charge is 0.481 e. The Bertz CT molecular complexity index is 1110. The molecule has 3 N–H and O–H groups in total. The third-order valence-corrected chi connectivity index (χ3v) is 5.78. The van der Waals surface area contributed by atoms with Crippen LogP contribution in [0.3, 0.4) is 0 Å². The summed E-state index contributed by atoms with van der Waals surface area (Å²) in [4.78, 5) is 23.7. The van der Waals surface area contributed by atoms with E-state index < -0.39 is 17.9 Å². The molecular weight excluding hydrogens is 439 g/mol. The molecule has 3 aromatic rings. The summed E-state index contributed by atoms with van der Waals surface area (Å²) in [6.45, 7) is -0.389. The monoisotopic (exact) mass is 454 g/mol. The Morgan fingerprint density at radius 3 is 2.45 bits per heavy atom.